The zero-order valence-corrected chi connectivity index (χ0v) is 32.0. The van der Waals surface area contributed by atoms with E-state index in [2.05, 4.69) is 92.9 Å². The number of nitrogens with one attached hydrogen (secondary N) is 1. The topological polar surface area (TPSA) is 108 Å². The Hall–Kier alpha value is -2.78. The lowest BCUT2D eigenvalue weighted by atomic mass is 9.96. The summed E-state index contributed by atoms with van der Waals surface area (Å²) in [5, 5.41) is 2.93. The van der Waals surface area contributed by atoms with E-state index in [1.165, 1.54) is 6.33 Å². The molecule has 0 saturated heterocycles. The zero-order valence-electron chi connectivity index (χ0n) is 30.1. The van der Waals surface area contributed by atoms with E-state index in [-0.39, 0.29) is 59.2 Å². The Kier molecular flexibility index (Phi) is 10.8. The Labute approximate surface area is 288 Å². The Bertz CT molecular complexity index is 1610. The summed E-state index contributed by atoms with van der Waals surface area (Å²) >= 11 is 0. The number of amides is 1. The number of hydrogen-bond donors (Lipinski definition) is 1. The maximum Gasteiger partial charge on any atom is 0.259 e. The van der Waals surface area contributed by atoms with E-state index in [1.54, 1.807) is 12.1 Å². The minimum atomic E-state index is -2.30. The number of carbonyl (C=O) groups is 1. The molecule has 0 radical (unpaired) electrons. The van der Waals surface area contributed by atoms with Gasteiger partial charge in [0.1, 0.15) is 12.9 Å². The summed E-state index contributed by atoms with van der Waals surface area (Å²) in [5.74, 6) is 0.403. The fourth-order valence-corrected chi connectivity index (χ4v) is 10.1. The predicted octanol–water partition coefficient (Wildman–Crippen LogP) is 8.11. The number of fused-ring (bicyclic) bond motifs is 2. The van der Waals surface area contributed by atoms with E-state index in [1.807, 2.05) is 24.5 Å². The molecule has 2 heterocycles. The van der Waals surface area contributed by atoms with Gasteiger partial charge in [-0.05, 0) is 76.7 Å². The molecule has 6 atom stereocenters. The van der Waals surface area contributed by atoms with Gasteiger partial charge >= 0.3 is 0 Å². The Balaban J connectivity index is 1.57. The first-order valence-corrected chi connectivity index (χ1v) is 21.1. The van der Waals surface area contributed by atoms with Crippen LogP contribution in [0, 0.1) is 17.9 Å². The van der Waals surface area contributed by atoms with Crippen LogP contribution in [0.5, 0.6) is 0 Å². The van der Waals surface area contributed by atoms with Crippen molar-refractivity contribution >= 4 is 39.7 Å². The molecule has 2 aliphatic rings. The van der Waals surface area contributed by atoms with Gasteiger partial charge in [0, 0.05) is 23.1 Å². The van der Waals surface area contributed by atoms with E-state index < -0.39 is 16.8 Å². The third-order valence-corrected chi connectivity index (χ3v) is 17.1. The standard InChI is InChI=1S/C35H52N7O4PSi/c1-12-35-20-26(35)28(41-22-39-27-31(37-21-38-32(27)41)40-33(43)25-16-14-13-15-17-25)29(46-48(10,11)34(6,7)8)30(35)45-47(44-19-18-36-9)42(23(2)3)24(4)5/h13-17,21-24,26,28-30H,12,18-20H2,1-8,10-11H3,(H,37,38,40,43)/t26-,28-,29+,30+,35-,47?/m1/s1. The van der Waals surface area contributed by atoms with Gasteiger partial charge in [0.25, 0.3) is 14.4 Å². The molecule has 0 aliphatic heterocycles. The van der Waals surface area contributed by atoms with Crippen LogP contribution in [0.3, 0.4) is 0 Å². The lowest BCUT2D eigenvalue weighted by Gasteiger charge is -2.44. The van der Waals surface area contributed by atoms with Crippen molar-refractivity contribution in [2.45, 2.75) is 117 Å². The maximum atomic E-state index is 13.1. The predicted molar refractivity (Wildman–Crippen MR) is 193 cm³/mol. The molecule has 1 aromatic carbocycles. The normalized spacial score (nSPS) is 24.7. The van der Waals surface area contributed by atoms with Crippen LogP contribution in [-0.2, 0) is 13.5 Å². The molecule has 11 nitrogen and oxygen atoms in total. The number of carbonyl (C=O) groups excluding carboxylic acids is 1. The van der Waals surface area contributed by atoms with Crippen LogP contribution in [0.25, 0.3) is 16.0 Å². The largest absolute Gasteiger partial charge is 0.409 e. The number of rotatable bonds is 14. The third-order valence-electron chi connectivity index (χ3n) is 10.5. The smallest absolute Gasteiger partial charge is 0.259 e. The average molecular weight is 694 g/mol. The van der Waals surface area contributed by atoms with Gasteiger partial charge in [0.05, 0.1) is 24.6 Å². The first-order chi connectivity index (χ1) is 22.7. The van der Waals surface area contributed by atoms with Crippen molar-refractivity contribution in [2.75, 3.05) is 18.5 Å². The van der Waals surface area contributed by atoms with Crippen molar-refractivity contribution in [3.05, 3.63) is 60.0 Å². The number of nitrogens with zero attached hydrogens (tertiary/aromatic N) is 6. The summed E-state index contributed by atoms with van der Waals surface area (Å²) < 4.78 is 25.6. The Morgan fingerprint density at radius 3 is 2.46 bits per heavy atom. The molecule has 1 amide bonds. The first-order valence-electron chi connectivity index (χ1n) is 17.1. The monoisotopic (exact) mass is 693 g/mol. The van der Waals surface area contributed by atoms with E-state index in [0.717, 1.165) is 12.8 Å². The highest BCUT2D eigenvalue weighted by atomic mass is 31.2. The summed E-state index contributed by atoms with van der Waals surface area (Å²) in [5.41, 5.74) is 1.63. The van der Waals surface area contributed by atoms with Crippen LogP contribution < -0.4 is 5.32 Å². The molecule has 0 bridgehead atoms. The van der Waals surface area contributed by atoms with Crippen LogP contribution >= 0.6 is 8.53 Å². The molecule has 48 heavy (non-hydrogen) atoms. The number of imidazole rings is 1. The minimum absolute atomic E-state index is 0.0267. The maximum absolute atomic E-state index is 13.1. The lowest BCUT2D eigenvalue weighted by molar-refractivity contribution is -0.00489. The van der Waals surface area contributed by atoms with Crippen LogP contribution in [0.4, 0.5) is 5.82 Å². The second kappa shape index (κ2) is 14.2. The molecule has 13 heteroatoms. The number of anilines is 1. The van der Waals surface area contributed by atoms with Crippen molar-refractivity contribution in [3.8, 4) is 0 Å². The van der Waals surface area contributed by atoms with Crippen molar-refractivity contribution in [2.24, 2.45) is 11.3 Å². The highest BCUT2D eigenvalue weighted by Crippen LogP contribution is 2.73. The van der Waals surface area contributed by atoms with Gasteiger partial charge in [-0.25, -0.2) is 26.2 Å². The van der Waals surface area contributed by atoms with Crippen LogP contribution in [0.2, 0.25) is 18.1 Å². The second-order valence-electron chi connectivity index (χ2n) is 15.1. The van der Waals surface area contributed by atoms with Crippen molar-refractivity contribution in [1.29, 1.82) is 0 Å². The second-order valence-corrected chi connectivity index (χ2v) is 21.3. The SMILES string of the molecule is [C-]#[N+]CCOP(O[C@H]1[C@@H](O[Si](C)(C)C(C)(C)C)[C@H](n2cnc3c(NC(=O)c4ccccc4)ncnc32)[C@H]2C[C@]21CC)N(C(C)C)C(C)C. The Morgan fingerprint density at radius 1 is 1.17 bits per heavy atom. The molecule has 2 saturated carbocycles. The van der Waals surface area contributed by atoms with Gasteiger partial charge in [0.15, 0.2) is 25.3 Å². The van der Waals surface area contributed by atoms with Gasteiger partial charge in [0.2, 0.25) is 6.54 Å². The molecule has 1 N–H and O–H groups in total. The van der Waals surface area contributed by atoms with E-state index >= 15 is 0 Å². The highest BCUT2D eigenvalue weighted by Gasteiger charge is 2.73. The van der Waals surface area contributed by atoms with Gasteiger partial charge in [-0.2, -0.15) is 0 Å². The molecular weight excluding hydrogens is 641 g/mol. The minimum Gasteiger partial charge on any atom is -0.409 e. The van der Waals surface area contributed by atoms with Gasteiger partial charge < -0.3 is 28.2 Å². The molecular formula is C35H52N7O4PSi. The van der Waals surface area contributed by atoms with Crippen molar-refractivity contribution in [1.82, 2.24) is 24.2 Å². The summed E-state index contributed by atoms with van der Waals surface area (Å²) in [6.45, 7) is 30.2. The lowest BCUT2D eigenvalue weighted by Crippen LogP contribution is -2.50. The zero-order chi connectivity index (χ0) is 35.0. The van der Waals surface area contributed by atoms with Crippen molar-refractivity contribution < 1.29 is 18.3 Å². The van der Waals surface area contributed by atoms with Crippen molar-refractivity contribution in [3.63, 3.8) is 0 Å². The molecule has 0 spiro atoms. The quantitative estimate of drug-likeness (QED) is 0.0781. The molecule has 1 unspecified atom stereocenters. The molecule has 5 rings (SSSR count). The van der Waals surface area contributed by atoms with Crippen LogP contribution in [-0.4, -0.2) is 75.9 Å². The molecule has 260 valence electrons. The molecule has 2 fully saturated rings. The average Bonchev–Trinajstić information content (AvgIpc) is 3.50. The fraction of sp³-hybridized carbons (Fsp3) is 0.629. The highest BCUT2D eigenvalue weighted by molar-refractivity contribution is 7.44. The van der Waals surface area contributed by atoms with Gasteiger partial charge in [-0.15, -0.1) is 0 Å². The molecule has 2 aromatic heterocycles. The summed E-state index contributed by atoms with van der Waals surface area (Å²) in [6, 6.07) is 9.37. The first kappa shape index (κ1) is 36.5. The molecule has 3 aromatic rings. The summed E-state index contributed by atoms with van der Waals surface area (Å²) in [6.07, 6.45) is 4.73. The summed E-state index contributed by atoms with van der Waals surface area (Å²) in [7, 11) is -3.78. The molecule has 2 aliphatic carbocycles. The third kappa shape index (κ3) is 6.96. The van der Waals surface area contributed by atoms with E-state index in [9.17, 15) is 4.79 Å². The van der Waals surface area contributed by atoms with Crippen LogP contribution in [0.15, 0.2) is 43.0 Å². The Morgan fingerprint density at radius 2 is 1.85 bits per heavy atom. The van der Waals surface area contributed by atoms with Gasteiger partial charge in [-0.3, -0.25) is 4.79 Å². The van der Waals surface area contributed by atoms with E-state index in [0.29, 0.717) is 29.2 Å². The number of aromatic nitrogens is 4. The number of hydrogen-bond acceptors (Lipinski definition) is 8. The summed E-state index contributed by atoms with van der Waals surface area (Å²) in [4.78, 5) is 30.5. The van der Waals surface area contributed by atoms with E-state index in [4.69, 9.17) is 30.0 Å². The fourth-order valence-electron chi connectivity index (χ4n) is 6.96. The van der Waals surface area contributed by atoms with Gasteiger partial charge in [-0.1, -0.05) is 45.9 Å². The van der Waals surface area contributed by atoms with Crippen LogP contribution in [0.1, 0.15) is 84.6 Å². The number of benzene rings is 1.